The summed E-state index contributed by atoms with van der Waals surface area (Å²) in [5, 5.41) is 4.23. The first-order chi connectivity index (χ1) is 6.77. The van der Waals surface area contributed by atoms with Gasteiger partial charge in [-0.25, -0.2) is 0 Å². The van der Waals surface area contributed by atoms with E-state index in [0.717, 1.165) is 17.1 Å². The Morgan fingerprint density at radius 3 is 2.86 bits per heavy atom. The topological polar surface area (TPSA) is 21.3 Å². The van der Waals surface area contributed by atoms with E-state index in [1.807, 2.05) is 24.3 Å². The number of hydrogen-bond acceptors (Lipinski definition) is 2. The van der Waals surface area contributed by atoms with Crippen molar-refractivity contribution in [1.82, 2.24) is 5.32 Å². The van der Waals surface area contributed by atoms with Crippen molar-refractivity contribution in [2.75, 3.05) is 13.2 Å². The van der Waals surface area contributed by atoms with E-state index in [4.69, 9.17) is 16.3 Å². The number of ether oxygens (including phenoxy) is 1. The summed E-state index contributed by atoms with van der Waals surface area (Å²) in [6.45, 7) is 3.65. The average molecular weight is 212 g/mol. The normalized spacial score (nSPS) is 27.6. The Kier molecular flexibility index (Phi) is 3.06. The molecule has 0 amide bonds. The second-order valence-corrected chi connectivity index (χ2v) is 4.03. The first-order valence-electron chi connectivity index (χ1n) is 4.87. The summed E-state index contributed by atoms with van der Waals surface area (Å²) in [6, 6.07) is 8.13. The Labute approximate surface area is 89.2 Å². The van der Waals surface area contributed by atoms with Gasteiger partial charge in [-0.1, -0.05) is 29.8 Å². The molecule has 0 radical (unpaired) electrons. The zero-order valence-corrected chi connectivity index (χ0v) is 8.92. The van der Waals surface area contributed by atoms with E-state index in [1.165, 1.54) is 0 Å². The van der Waals surface area contributed by atoms with Crippen LogP contribution in [0.1, 0.15) is 18.5 Å². The summed E-state index contributed by atoms with van der Waals surface area (Å²) in [5.41, 5.74) is 1.13. The van der Waals surface area contributed by atoms with Gasteiger partial charge in [0.25, 0.3) is 0 Å². The summed E-state index contributed by atoms with van der Waals surface area (Å²) >= 11 is 6.10. The second-order valence-electron chi connectivity index (χ2n) is 3.63. The number of hydrogen-bond donors (Lipinski definition) is 1. The lowest BCUT2D eigenvalue weighted by Crippen LogP contribution is -2.39. The summed E-state index contributed by atoms with van der Waals surface area (Å²) in [4.78, 5) is 0. The molecule has 1 unspecified atom stereocenters. The van der Waals surface area contributed by atoms with Crippen LogP contribution in [-0.4, -0.2) is 19.3 Å². The van der Waals surface area contributed by atoms with E-state index < -0.39 is 0 Å². The summed E-state index contributed by atoms with van der Waals surface area (Å²) in [7, 11) is 0. The monoisotopic (exact) mass is 211 g/mol. The van der Waals surface area contributed by atoms with Crippen molar-refractivity contribution in [1.29, 1.82) is 0 Å². The summed E-state index contributed by atoms with van der Waals surface area (Å²) in [5.74, 6) is 0. The van der Waals surface area contributed by atoms with Crippen LogP contribution >= 0.6 is 11.6 Å². The molecule has 76 valence electrons. The number of benzene rings is 1. The minimum Gasteiger partial charge on any atom is -0.375 e. The van der Waals surface area contributed by atoms with Crippen molar-refractivity contribution in [3.8, 4) is 0 Å². The Balaban J connectivity index is 2.12. The number of halogens is 1. The predicted octanol–water partition coefficient (Wildman–Crippen LogP) is 2.39. The molecule has 14 heavy (non-hydrogen) atoms. The van der Waals surface area contributed by atoms with Crippen molar-refractivity contribution >= 4 is 11.6 Å². The molecule has 0 saturated carbocycles. The standard InChI is InChI=1S/C11H14ClNO/c1-8-6-13-11(7-14-8)9-4-2-3-5-10(9)12/h2-5,8,11,13H,6-7H2,1H3/t8-,11?/m0/s1. The van der Waals surface area contributed by atoms with Crippen LogP contribution in [0.15, 0.2) is 24.3 Å². The molecule has 0 spiro atoms. The molecule has 0 bridgehead atoms. The third-order valence-electron chi connectivity index (χ3n) is 2.48. The van der Waals surface area contributed by atoms with Crippen molar-refractivity contribution in [2.24, 2.45) is 0 Å². The predicted molar refractivity (Wildman–Crippen MR) is 57.6 cm³/mol. The highest BCUT2D eigenvalue weighted by molar-refractivity contribution is 6.31. The maximum absolute atomic E-state index is 6.10. The van der Waals surface area contributed by atoms with Gasteiger partial charge in [0.1, 0.15) is 0 Å². The van der Waals surface area contributed by atoms with Crippen molar-refractivity contribution in [3.05, 3.63) is 34.9 Å². The van der Waals surface area contributed by atoms with E-state index in [-0.39, 0.29) is 6.04 Å². The highest BCUT2D eigenvalue weighted by atomic mass is 35.5. The molecule has 1 aromatic rings. The zero-order chi connectivity index (χ0) is 9.97. The third kappa shape index (κ3) is 2.08. The zero-order valence-electron chi connectivity index (χ0n) is 8.16. The van der Waals surface area contributed by atoms with Crippen LogP contribution < -0.4 is 5.32 Å². The van der Waals surface area contributed by atoms with Crippen LogP contribution in [0.4, 0.5) is 0 Å². The van der Waals surface area contributed by atoms with E-state index in [1.54, 1.807) is 0 Å². The van der Waals surface area contributed by atoms with Gasteiger partial charge in [0.15, 0.2) is 0 Å². The van der Waals surface area contributed by atoms with Crippen molar-refractivity contribution in [3.63, 3.8) is 0 Å². The lowest BCUT2D eigenvalue weighted by atomic mass is 10.1. The van der Waals surface area contributed by atoms with Gasteiger partial charge in [0, 0.05) is 11.6 Å². The highest BCUT2D eigenvalue weighted by Gasteiger charge is 2.20. The fourth-order valence-corrected chi connectivity index (χ4v) is 1.91. The molecule has 0 aliphatic carbocycles. The van der Waals surface area contributed by atoms with Crippen LogP contribution in [0.5, 0.6) is 0 Å². The maximum atomic E-state index is 6.10. The van der Waals surface area contributed by atoms with Gasteiger partial charge in [-0.3, -0.25) is 0 Å². The van der Waals surface area contributed by atoms with Gasteiger partial charge in [-0.05, 0) is 18.6 Å². The van der Waals surface area contributed by atoms with Crippen molar-refractivity contribution in [2.45, 2.75) is 19.1 Å². The molecule has 2 rings (SSSR count). The fraction of sp³-hybridized carbons (Fsp3) is 0.455. The lowest BCUT2D eigenvalue weighted by Gasteiger charge is -2.29. The quantitative estimate of drug-likeness (QED) is 0.770. The van der Waals surface area contributed by atoms with Crippen LogP contribution in [0.25, 0.3) is 0 Å². The molecule has 1 fully saturated rings. The lowest BCUT2D eigenvalue weighted by molar-refractivity contribution is 0.0149. The minimum absolute atomic E-state index is 0.236. The molecule has 2 nitrogen and oxygen atoms in total. The Bertz CT molecular complexity index is 308. The van der Waals surface area contributed by atoms with E-state index >= 15 is 0 Å². The molecule has 1 N–H and O–H groups in total. The van der Waals surface area contributed by atoms with Gasteiger partial charge < -0.3 is 10.1 Å². The van der Waals surface area contributed by atoms with Crippen LogP contribution in [0, 0.1) is 0 Å². The fourth-order valence-electron chi connectivity index (χ4n) is 1.64. The molecule has 1 heterocycles. The van der Waals surface area contributed by atoms with E-state index in [9.17, 15) is 0 Å². The maximum Gasteiger partial charge on any atom is 0.0672 e. The van der Waals surface area contributed by atoms with Gasteiger partial charge in [-0.2, -0.15) is 0 Å². The van der Waals surface area contributed by atoms with Gasteiger partial charge in [0.2, 0.25) is 0 Å². The Hall–Kier alpha value is -0.570. The molecule has 1 aliphatic rings. The van der Waals surface area contributed by atoms with Gasteiger partial charge >= 0.3 is 0 Å². The minimum atomic E-state index is 0.236. The average Bonchev–Trinajstić information content (AvgIpc) is 2.20. The SMILES string of the molecule is C[C@H]1CNC(c2ccccc2Cl)CO1. The molecule has 1 aromatic carbocycles. The largest absolute Gasteiger partial charge is 0.375 e. The van der Waals surface area contributed by atoms with Crippen LogP contribution in [0.2, 0.25) is 5.02 Å². The Morgan fingerprint density at radius 1 is 1.43 bits per heavy atom. The van der Waals surface area contributed by atoms with E-state index in [0.29, 0.717) is 12.7 Å². The number of nitrogens with one attached hydrogen (secondary N) is 1. The highest BCUT2D eigenvalue weighted by Crippen LogP contribution is 2.24. The van der Waals surface area contributed by atoms with Crippen molar-refractivity contribution < 1.29 is 4.74 Å². The smallest absolute Gasteiger partial charge is 0.0672 e. The number of morpholine rings is 1. The van der Waals surface area contributed by atoms with Crippen LogP contribution in [0.3, 0.4) is 0 Å². The molecular weight excluding hydrogens is 198 g/mol. The first-order valence-corrected chi connectivity index (χ1v) is 5.24. The second kappa shape index (κ2) is 4.30. The van der Waals surface area contributed by atoms with Crippen LogP contribution in [-0.2, 0) is 4.74 Å². The third-order valence-corrected chi connectivity index (χ3v) is 2.82. The molecule has 2 atom stereocenters. The molecule has 1 aliphatic heterocycles. The Morgan fingerprint density at radius 2 is 2.21 bits per heavy atom. The molecule has 1 saturated heterocycles. The molecule has 0 aromatic heterocycles. The van der Waals surface area contributed by atoms with Gasteiger partial charge in [0.05, 0.1) is 18.8 Å². The van der Waals surface area contributed by atoms with E-state index in [2.05, 4.69) is 12.2 Å². The molecule has 3 heteroatoms. The summed E-state index contributed by atoms with van der Waals surface area (Å²) in [6.07, 6.45) is 0.300. The summed E-state index contributed by atoms with van der Waals surface area (Å²) < 4.78 is 5.58. The van der Waals surface area contributed by atoms with Gasteiger partial charge in [-0.15, -0.1) is 0 Å². The number of rotatable bonds is 1. The molecular formula is C11H14ClNO. The first kappa shape index (κ1) is 9.97.